The van der Waals surface area contributed by atoms with Crippen LogP contribution in [0.2, 0.25) is 0 Å². The highest BCUT2D eigenvalue weighted by molar-refractivity contribution is 6.10. The molecule has 0 radical (unpaired) electrons. The molecule has 5 aromatic carbocycles. The number of allylic oxidation sites excluding steroid dienone is 4. The second-order valence-electron chi connectivity index (χ2n) is 13.0. The Morgan fingerprint density at radius 1 is 0.560 bits per heavy atom. The number of benzene rings is 5. The van der Waals surface area contributed by atoms with Crippen LogP contribution in [-0.4, -0.2) is 16.7 Å². The maximum absolute atomic E-state index is 10.0. The van der Waals surface area contributed by atoms with Crippen molar-refractivity contribution in [1.29, 1.82) is 15.8 Å². The van der Waals surface area contributed by atoms with E-state index in [9.17, 15) is 15.8 Å². The molecule has 0 spiro atoms. The van der Waals surface area contributed by atoms with Gasteiger partial charge in [0.15, 0.2) is 0 Å². The van der Waals surface area contributed by atoms with E-state index >= 15 is 0 Å². The molecule has 5 nitrogen and oxygen atoms in total. The average molecular weight is 640 g/mol. The molecule has 4 atom stereocenters. The standard InChI is InChI=1S/C45H29N5/c46-26-29-15-22-44(50-41-11-5-3-9-36(41)37-10-4-6-12-42(37)50)39(23-29)35-8-2-1-7-34(35)32-16-18-33(19-17-32)49-43-21-14-30(27-47)24-40(43)38-20-13-31(28-48)25-45(38)49/h1-25,36,39,41,44H. The molecule has 50 heavy (non-hydrogen) atoms. The lowest BCUT2D eigenvalue weighted by atomic mass is 9.80. The van der Waals surface area contributed by atoms with Crippen LogP contribution in [0, 0.1) is 34.0 Å². The highest BCUT2D eigenvalue weighted by Gasteiger charge is 2.42. The fraction of sp³-hybridized carbons (Fsp3) is 0.0889. The zero-order valence-electron chi connectivity index (χ0n) is 27.0. The van der Waals surface area contributed by atoms with Crippen molar-refractivity contribution in [1.82, 2.24) is 4.57 Å². The smallest absolute Gasteiger partial charge is 0.0992 e. The molecule has 3 aliphatic rings. The van der Waals surface area contributed by atoms with Crippen molar-refractivity contribution in [2.75, 3.05) is 4.90 Å². The Morgan fingerprint density at radius 3 is 2.10 bits per heavy atom. The first-order chi connectivity index (χ1) is 24.7. The van der Waals surface area contributed by atoms with Gasteiger partial charge in [-0.2, -0.15) is 15.8 Å². The third-order valence-corrected chi connectivity index (χ3v) is 10.4. The van der Waals surface area contributed by atoms with Crippen LogP contribution in [0.25, 0.3) is 38.6 Å². The van der Waals surface area contributed by atoms with Gasteiger partial charge in [-0.15, -0.1) is 0 Å². The number of anilines is 1. The molecule has 0 fully saturated rings. The molecule has 0 saturated heterocycles. The maximum atomic E-state index is 10.0. The summed E-state index contributed by atoms with van der Waals surface area (Å²) in [5.74, 6) is 0.221. The topological polar surface area (TPSA) is 79.5 Å². The van der Waals surface area contributed by atoms with Crippen molar-refractivity contribution < 1.29 is 0 Å². The minimum atomic E-state index is -0.0623. The number of nitrogens with zero attached hydrogens (tertiary/aromatic N) is 5. The molecule has 234 valence electrons. The van der Waals surface area contributed by atoms with Gasteiger partial charge in [0.25, 0.3) is 0 Å². The summed E-state index contributed by atoms with van der Waals surface area (Å²) < 4.78 is 2.17. The summed E-state index contributed by atoms with van der Waals surface area (Å²) in [6.07, 6.45) is 15.2. The van der Waals surface area contributed by atoms with Crippen LogP contribution in [0.15, 0.2) is 157 Å². The lowest BCUT2D eigenvalue weighted by Crippen LogP contribution is -2.44. The Kier molecular flexibility index (Phi) is 6.84. The lowest BCUT2D eigenvalue weighted by molar-refractivity contribution is 0.574. The van der Waals surface area contributed by atoms with Gasteiger partial charge in [0, 0.05) is 39.6 Å². The van der Waals surface area contributed by atoms with E-state index < -0.39 is 0 Å². The van der Waals surface area contributed by atoms with E-state index in [0.29, 0.717) is 16.7 Å². The minimum Gasteiger partial charge on any atom is -0.357 e. The summed E-state index contributed by atoms with van der Waals surface area (Å²) in [6.45, 7) is 0. The number of aromatic nitrogens is 1. The highest BCUT2D eigenvalue weighted by Crippen LogP contribution is 2.48. The van der Waals surface area contributed by atoms with E-state index in [4.69, 9.17) is 0 Å². The van der Waals surface area contributed by atoms with Crippen LogP contribution < -0.4 is 4.90 Å². The summed E-state index contributed by atoms with van der Waals surface area (Å²) in [5.41, 5.74) is 10.6. The van der Waals surface area contributed by atoms with Gasteiger partial charge in [-0.05, 0) is 76.9 Å². The Morgan fingerprint density at radius 2 is 1.28 bits per heavy atom. The number of rotatable bonds is 4. The quantitative estimate of drug-likeness (QED) is 0.192. The Labute approximate surface area is 290 Å². The number of fused-ring (bicyclic) bond motifs is 6. The number of para-hydroxylation sites is 1. The molecular weight excluding hydrogens is 611 g/mol. The first-order valence-electron chi connectivity index (χ1n) is 16.8. The van der Waals surface area contributed by atoms with Gasteiger partial charge in [0.1, 0.15) is 0 Å². The van der Waals surface area contributed by atoms with Gasteiger partial charge in [-0.1, -0.05) is 97.1 Å². The summed E-state index contributed by atoms with van der Waals surface area (Å²) in [5, 5.41) is 31.3. The molecular formula is C45H29N5. The molecule has 0 bridgehead atoms. The molecule has 1 aliphatic heterocycles. The van der Waals surface area contributed by atoms with Crippen LogP contribution >= 0.6 is 0 Å². The highest BCUT2D eigenvalue weighted by atomic mass is 15.2. The molecule has 5 heteroatoms. The zero-order chi connectivity index (χ0) is 33.8. The van der Waals surface area contributed by atoms with Crippen LogP contribution in [0.3, 0.4) is 0 Å². The number of nitriles is 3. The molecule has 0 N–H and O–H groups in total. The van der Waals surface area contributed by atoms with Gasteiger partial charge in [0.2, 0.25) is 0 Å². The SMILES string of the molecule is N#CC1=CC(c2ccccc2-c2ccc(-n3c4ccc(C#N)cc4c4ccc(C#N)cc43)cc2)C(N2c3ccccc3C3C=CC=CC32)C=C1. The summed E-state index contributed by atoms with van der Waals surface area (Å²) in [6, 6.07) is 44.4. The van der Waals surface area contributed by atoms with Crippen molar-refractivity contribution in [3.05, 3.63) is 180 Å². The summed E-state index contributed by atoms with van der Waals surface area (Å²) >= 11 is 0. The molecule has 0 saturated carbocycles. The monoisotopic (exact) mass is 639 g/mol. The molecule has 1 aromatic heterocycles. The van der Waals surface area contributed by atoms with Crippen molar-refractivity contribution in [3.63, 3.8) is 0 Å². The van der Waals surface area contributed by atoms with E-state index in [2.05, 4.69) is 137 Å². The van der Waals surface area contributed by atoms with Crippen molar-refractivity contribution in [2.24, 2.45) is 0 Å². The van der Waals surface area contributed by atoms with E-state index in [1.807, 2.05) is 42.5 Å². The molecule has 2 aliphatic carbocycles. The minimum absolute atomic E-state index is 0.00468. The predicted molar refractivity (Wildman–Crippen MR) is 199 cm³/mol. The third-order valence-electron chi connectivity index (χ3n) is 10.4. The van der Waals surface area contributed by atoms with Crippen LogP contribution in [-0.2, 0) is 0 Å². The summed E-state index contributed by atoms with van der Waals surface area (Å²) in [4.78, 5) is 2.54. The molecule has 4 unspecified atom stereocenters. The van der Waals surface area contributed by atoms with Crippen LogP contribution in [0.1, 0.15) is 34.1 Å². The van der Waals surface area contributed by atoms with E-state index in [0.717, 1.165) is 44.2 Å². The second kappa shape index (κ2) is 11.7. The zero-order valence-corrected chi connectivity index (χ0v) is 27.0. The van der Waals surface area contributed by atoms with Gasteiger partial charge in [-0.25, -0.2) is 0 Å². The average Bonchev–Trinajstić information content (AvgIpc) is 3.69. The summed E-state index contributed by atoms with van der Waals surface area (Å²) in [7, 11) is 0. The van der Waals surface area contributed by atoms with Crippen LogP contribution in [0.4, 0.5) is 5.69 Å². The Hall–Kier alpha value is -6.87. The van der Waals surface area contributed by atoms with Gasteiger partial charge < -0.3 is 9.47 Å². The number of hydrogen-bond acceptors (Lipinski definition) is 4. The van der Waals surface area contributed by atoms with E-state index in [-0.39, 0.29) is 23.9 Å². The van der Waals surface area contributed by atoms with Gasteiger partial charge in [0.05, 0.1) is 52.5 Å². The molecule has 2 heterocycles. The van der Waals surface area contributed by atoms with Gasteiger partial charge >= 0.3 is 0 Å². The third kappa shape index (κ3) is 4.51. The van der Waals surface area contributed by atoms with Crippen molar-refractivity contribution in [3.8, 4) is 35.0 Å². The molecule has 6 aromatic rings. The van der Waals surface area contributed by atoms with E-state index in [1.165, 1.54) is 11.3 Å². The predicted octanol–water partition coefficient (Wildman–Crippen LogP) is 9.76. The van der Waals surface area contributed by atoms with Crippen LogP contribution in [0.5, 0.6) is 0 Å². The largest absolute Gasteiger partial charge is 0.357 e. The van der Waals surface area contributed by atoms with E-state index in [1.54, 1.807) is 0 Å². The first-order valence-corrected chi connectivity index (χ1v) is 16.8. The second-order valence-corrected chi connectivity index (χ2v) is 13.0. The Balaban J connectivity index is 1.15. The normalized spacial score (nSPS) is 20.2. The Bertz CT molecular complexity index is 2610. The fourth-order valence-electron chi connectivity index (χ4n) is 8.24. The maximum Gasteiger partial charge on any atom is 0.0992 e. The lowest BCUT2D eigenvalue weighted by Gasteiger charge is -2.40. The first kappa shape index (κ1) is 29.3. The fourth-order valence-corrected chi connectivity index (χ4v) is 8.24. The number of hydrogen-bond donors (Lipinski definition) is 0. The van der Waals surface area contributed by atoms with Crippen molar-refractivity contribution >= 4 is 27.5 Å². The molecule has 0 amide bonds. The van der Waals surface area contributed by atoms with Crippen molar-refractivity contribution in [2.45, 2.75) is 23.9 Å². The van der Waals surface area contributed by atoms with Gasteiger partial charge in [-0.3, -0.25) is 0 Å². The molecule has 9 rings (SSSR count).